The molecule has 2 aromatic rings. The summed E-state index contributed by atoms with van der Waals surface area (Å²) in [5, 5.41) is 3.20. The lowest BCUT2D eigenvalue weighted by Crippen LogP contribution is -2.18. The maximum atomic E-state index is 10.8. The van der Waals surface area contributed by atoms with Crippen molar-refractivity contribution in [1.82, 2.24) is 5.32 Å². The highest BCUT2D eigenvalue weighted by Gasteiger charge is 2.09. The molecule has 0 spiro atoms. The van der Waals surface area contributed by atoms with Gasteiger partial charge < -0.3 is 9.73 Å². The zero-order valence-corrected chi connectivity index (χ0v) is 11.0. The van der Waals surface area contributed by atoms with Gasteiger partial charge in [0, 0.05) is 19.0 Å². The van der Waals surface area contributed by atoms with Crippen LogP contribution in [0.1, 0.15) is 23.0 Å². The molecule has 0 atom stereocenters. The summed E-state index contributed by atoms with van der Waals surface area (Å²) in [4.78, 5) is 21.4. The van der Waals surface area contributed by atoms with E-state index in [1.54, 1.807) is 24.3 Å². The second-order valence-corrected chi connectivity index (χ2v) is 4.45. The van der Waals surface area contributed by atoms with Crippen molar-refractivity contribution < 1.29 is 14.0 Å². The van der Waals surface area contributed by atoms with E-state index in [9.17, 15) is 9.59 Å². The first-order valence-corrected chi connectivity index (χ1v) is 6.06. The van der Waals surface area contributed by atoms with Crippen molar-refractivity contribution in [3.63, 3.8) is 0 Å². The molecule has 0 aliphatic rings. The Morgan fingerprint density at radius 1 is 1.37 bits per heavy atom. The van der Waals surface area contributed by atoms with Gasteiger partial charge in [-0.05, 0) is 29.8 Å². The SMILES string of the molecule is CC(=O)NCc1ccc(-c2ccc(C=O)o2)c(Cl)c1. The number of furan rings is 1. The molecule has 1 heterocycles. The van der Waals surface area contributed by atoms with Gasteiger partial charge in [-0.3, -0.25) is 9.59 Å². The summed E-state index contributed by atoms with van der Waals surface area (Å²) < 4.78 is 5.32. The molecule has 0 saturated heterocycles. The van der Waals surface area contributed by atoms with Gasteiger partial charge in [-0.25, -0.2) is 0 Å². The van der Waals surface area contributed by atoms with E-state index in [0.717, 1.165) is 5.56 Å². The molecule has 1 aromatic carbocycles. The van der Waals surface area contributed by atoms with Gasteiger partial charge in [0.05, 0.1) is 5.02 Å². The number of carbonyl (C=O) groups is 2. The largest absolute Gasteiger partial charge is 0.453 e. The van der Waals surface area contributed by atoms with Crippen LogP contribution in [-0.2, 0) is 11.3 Å². The van der Waals surface area contributed by atoms with E-state index in [-0.39, 0.29) is 11.7 Å². The van der Waals surface area contributed by atoms with Gasteiger partial charge in [-0.1, -0.05) is 17.7 Å². The van der Waals surface area contributed by atoms with Gasteiger partial charge in [0.1, 0.15) is 5.76 Å². The third kappa shape index (κ3) is 3.23. The summed E-state index contributed by atoms with van der Waals surface area (Å²) in [6, 6.07) is 8.69. The van der Waals surface area contributed by atoms with Crippen LogP contribution < -0.4 is 5.32 Å². The zero-order valence-electron chi connectivity index (χ0n) is 10.3. The van der Waals surface area contributed by atoms with Crippen molar-refractivity contribution in [2.75, 3.05) is 0 Å². The minimum absolute atomic E-state index is 0.0955. The molecular formula is C14H12ClNO3. The first kappa shape index (κ1) is 13.4. The predicted octanol–water partition coefficient (Wildman–Crippen LogP) is 3.05. The summed E-state index contributed by atoms with van der Waals surface area (Å²) in [5.74, 6) is 0.702. The normalized spacial score (nSPS) is 10.2. The van der Waals surface area contributed by atoms with Gasteiger partial charge in [0.25, 0.3) is 0 Å². The molecule has 5 heteroatoms. The molecule has 1 amide bonds. The quantitative estimate of drug-likeness (QED) is 0.874. The maximum Gasteiger partial charge on any atom is 0.217 e. The maximum absolute atomic E-state index is 10.8. The monoisotopic (exact) mass is 277 g/mol. The molecule has 19 heavy (non-hydrogen) atoms. The molecule has 0 unspecified atom stereocenters. The number of hydrogen-bond acceptors (Lipinski definition) is 3. The van der Waals surface area contributed by atoms with Crippen molar-refractivity contribution in [1.29, 1.82) is 0 Å². The zero-order chi connectivity index (χ0) is 13.8. The third-order valence-electron chi connectivity index (χ3n) is 2.58. The molecule has 0 bridgehead atoms. The molecule has 0 aliphatic carbocycles. The molecular weight excluding hydrogens is 266 g/mol. The molecule has 0 fully saturated rings. The Kier molecular flexibility index (Phi) is 4.02. The van der Waals surface area contributed by atoms with Crippen molar-refractivity contribution in [2.24, 2.45) is 0 Å². The van der Waals surface area contributed by atoms with Crippen molar-refractivity contribution >= 4 is 23.8 Å². The second kappa shape index (κ2) is 5.71. The Balaban J connectivity index is 2.23. The molecule has 1 N–H and O–H groups in total. The average molecular weight is 278 g/mol. The Morgan fingerprint density at radius 2 is 2.16 bits per heavy atom. The van der Waals surface area contributed by atoms with E-state index in [4.69, 9.17) is 16.0 Å². The van der Waals surface area contributed by atoms with Crippen LogP contribution in [0.4, 0.5) is 0 Å². The first-order chi connectivity index (χ1) is 9.10. The molecule has 0 aliphatic heterocycles. The van der Waals surface area contributed by atoms with Gasteiger partial charge in [-0.2, -0.15) is 0 Å². The summed E-state index contributed by atoms with van der Waals surface area (Å²) in [6.45, 7) is 1.88. The van der Waals surface area contributed by atoms with Gasteiger partial charge in [0.2, 0.25) is 5.91 Å². The van der Waals surface area contributed by atoms with E-state index in [1.165, 1.54) is 6.92 Å². The van der Waals surface area contributed by atoms with Crippen LogP contribution in [0.2, 0.25) is 5.02 Å². The van der Waals surface area contributed by atoms with Crippen LogP contribution in [0, 0.1) is 0 Å². The van der Waals surface area contributed by atoms with Crippen molar-refractivity contribution in [2.45, 2.75) is 13.5 Å². The molecule has 2 rings (SSSR count). The van der Waals surface area contributed by atoms with Gasteiger partial charge in [-0.15, -0.1) is 0 Å². The Bertz CT molecular complexity index is 619. The topological polar surface area (TPSA) is 59.3 Å². The Hall–Kier alpha value is -2.07. The smallest absolute Gasteiger partial charge is 0.217 e. The minimum atomic E-state index is -0.0955. The molecule has 1 aromatic heterocycles. The Morgan fingerprint density at radius 3 is 2.74 bits per heavy atom. The van der Waals surface area contributed by atoms with Gasteiger partial charge in [0.15, 0.2) is 12.0 Å². The second-order valence-electron chi connectivity index (χ2n) is 4.04. The van der Waals surface area contributed by atoms with Crippen LogP contribution in [-0.4, -0.2) is 12.2 Å². The highest BCUT2D eigenvalue weighted by molar-refractivity contribution is 6.33. The molecule has 0 radical (unpaired) electrons. The lowest BCUT2D eigenvalue weighted by molar-refractivity contribution is -0.119. The number of benzene rings is 1. The van der Waals surface area contributed by atoms with E-state index in [0.29, 0.717) is 29.2 Å². The number of carbonyl (C=O) groups excluding carboxylic acids is 2. The Labute approximate surface area is 115 Å². The highest BCUT2D eigenvalue weighted by Crippen LogP contribution is 2.29. The average Bonchev–Trinajstić information content (AvgIpc) is 2.85. The predicted molar refractivity (Wildman–Crippen MR) is 72.1 cm³/mol. The van der Waals surface area contributed by atoms with Gasteiger partial charge >= 0.3 is 0 Å². The van der Waals surface area contributed by atoms with Crippen LogP contribution in [0.25, 0.3) is 11.3 Å². The standard InChI is InChI=1S/C14H12ClNO3/c1-9(18)16-7-10-2-4-12(13(15)6-10)14-5-3-11(8-17)19-14/h2-6,8H,7H2,1H3,(H,16,18). The number of halogens is 1. The molecule has 4 nitrogen and oxygen atoms in total. The number of rotatable bonds is 4. The van der Waals surface area contributed by atoms with Crippen LogP contribution in [0.5, 0.6) is 0 Å². The fourth-order valence-corrected chi connectivity index (χ4v) is 1.95. The van der Waals surface area contributed by atoms with E-state index >= 15 is 0 Å². The minimum Gasteiger partial charge on any atom is -0.453 e. The fourth-order valence-electron chi connectivity index (χ4n) is 1.66. The lowest BCUT2D eigenvalue weighted by Gasteiger charge is -2.06. The lowest BCUT2D eigenvalue weighted by atomic mass is 10.1. The first-order valence-electron chi connectivity index (χ1n) is 5.68. The summed E-state index contributed by atoms with van der Waals surface area (Å²) in [5.41, 5.74) is 1.60. The van der Waals surface area contributed by atoms with E-state index in [1.807, 2.05) is 6.07 Å². The molecule has 0 saturated carbocycles. The number of hydrogen-bond donors (Lipinski definition) is 1. The van der Waals surface area contributed by atoms with Crippen molar-refractivity contribution in [3.8, 4) is 11.3 Å². The number of aldehydes is 1. The summed E-state index contributed by atoms with van der Waals surface area (Å²) in [6.07, 6.45) is 0.641. The summed E-state index contributed by atoms with van der Waals surface area (Å²) >= 11 is 6.17. The van der Waals surface area contributed by atoms with E-state index in [2.05, 4.69) is 5.32 Å². The van der Waals surface area contributed by atoms with Crippen molar-refractivity contribution in [3.05, 3.63) is 46.7 Å². The van der Waals surface area contributed by atoms with Crippen LogP contribution >= 0.6 is 11.6 Å². The van der Waals surface area contributed by atoms with Crippen LogP contribution in [0.3, 0.4) is 0 Å². The van der Waals surface area contributed by atoms with Crippen LogP contribution in [0.15, 0.2) is 34.7 Å². The fraction of sp³-hybridized carbons (Fsp3) is 0.143. The third-order valence-corrected chi connectivity index (χ3v) is 2.90. The highest BCUT2D eigenvalue weighted by atomic mass is 35.5. The van der Waals surface area contributed by atoms with E-state index < -0.39 is 0 Å². The number of amides is 1. The molecule has 98 valence electrons. The number of nitrogens with one attached hydrogen (secondary N) is 1. The summed E-state index contributed by atoms with van der Waals surface area (Å²) in [7, 11) is 0.